The van der Waals surface area contributed by atoms with Gasteiger partial charge in [-0.05, 0) is 82.6 Å². The summed E-state index contributed by atoms with van der Waals surface area (Å²) in [6.07, 6.45) is 38.1. The highest BCUT2D eigenvalue weighted by Crippen LogP contribution is 2.52. The van der Waals surface area contributed by atoms with E-state index in [1.54, 1.807) is 0 Å². The summed E-state index contributed by atoms with van der Waals surface area (Å²) < 4.78 is 0. The fourth-order valence-electron chi connectivity index (χ4n) is 8.91. The molecule has 1 saturated carbocycles. The van der Waals surface area contributed by atoms with Gasteiger partial charge in [-0.3, -0.25) is 9.80 Å². The molecule has 3 saturated heterocycles. The Morgan fingerprint density at radius 2 is 1.03 bits per heavy atom. The first-order valence-corrected chi connectivity index (χ1v) is 15.6. The molecule has 0 aromatic heterocycles. The van der Waals surface area contributed by atoms with Crippen molar-refractivity contribution in [3.8, 4) is 0 Å². The van der Waals surface area contributed by atoms with Gasteiger partial charge >= 0.3 is 0 Å². The molecule has 0 aromatic rings. The molecule has 2 nitrogen and oxygen atoms in total. The first kappa shape index (κ1) is 24.4. The smallest absolute Gasteiger partial charge is 0.0631 e. The molecule has 2 aliphatic carbocycles. The van der Waals surface area contributed by atoms with Crippen molar-refractivity contribution in [1.82, 2.24) is 9.80 Å². The Hall–Kier alpha value is -0.340. The van der Waals surface area contributed by atoms with Crippen molar-refractivity contribution in [3.05, 3.63) is 12.2 Å². The van der Waals surface area contributed by atoms with E-state index >= 15 is 0 Å². The molecule has 6 atom stereocenters. The molecule has 0 N–H and O–H groups in total. The average molecular weight is 455 g/mol. The summed E-state index contributed by atoms with van der Waals surface area (Å²) in [6, 6.07) is 2.65. The molecule has 5 aliphatic rings. The quantitative estimate of drug-likeness (QED) is 0.339. The maximum Gasteiger partial charge on any atom is 0.0631 e. The number of rotatable bonds is 0. The van der Waals surface area contributed by atoms with Gasteiger partial charge in [0.25, 0.3) is 0 Å². The van der Waals surface area contributed by atoms with Gasteiger partial charge in [-0.25, -0.2) is 0 Å². The molecule has 33 heavy (non-hydrogen) atoms. The minimum Gasteiger partial charge on any atom is -0.283 e. The lowest BCUT2D eigenvalue weighted by atomic mass is 9.77. The highest BCUT2D eigenvalue weighted by molar-refractivity contribution is 5.11. The van der Waals surface area contributed by atoms with Crippen LogP contribution in [0.1, 0.15) is 141 Å². The topological polar surface area (TPSA) is 6.48 Å². The van der Waals surface area contributed by atoms with Gasteiger partial charge in [0.05, 0.1) is 6.17 Å². The molecule has 0 spiro atoms. The average Bonchev–Trinajstić information content (AvgIpc) is 3.32. The van der Waals surface area contributed by atoms with Crippen molar-refractivity contribution >= 4 is 0 Å². The Balaban J connectivity index is 1.46. The molecule has 3 aliphatic heterocycles. The Kier molecular flexibility index (Phi) is 9.28. The summed E-state index contributed by atoms with van der Waals surface area (Å²) in [7, 11) is 0. The summed E-state index contributed by atoms with van der Waals surface area (Å²) in [5.41, 5.74) is 0. The monoisotopic (exact) mass is 454 g/mol. The maximum atomic E-state index is 3.25. The van der Waals surface area contributed by atoms with E-state index in [4.69, 9.17) is 0 Å². The fourth-order valence-corrected chi connectivity index (χ4v) is 8.91. The normalized spacial score (nSPS) is 41.6. The lowest BCUT2D eigenvalue weighted by Crippen LogP contribution is -2.46. The Morgan fingerprint density at radius 1 is 0.455 bits per heavy atom. The number of allylic oxidation sites excluding steroid dienone is 2. The molecule has 3 heterocycles. The Morgan fingerprint density at radius 3 is 1.85 bits per heavy atom. The molecule has 2 heteroatoms. The summed E-state index contributed by atoms with van der Waals surface area (Å²) in [6.45, 7) is 1.40. The van der Waals surface area contributed by atoms with E-state index in [-0.39, 0.29) is 0 Å². The Labute approximate surface area is 205 Å². The second kappa shape index (κ2) is 12.6. The van der Waals surface area contributed by atoms with Gasteiger partial charge in [-0.2, -0.15) is 0 Å². The van der Waals surface area contributed by atoms with Crippen LogP contribution in [0, 0.1) is 11.8 Å². The van der Waals surface area contributed by atoms with Crippen molar-refractivity contribution in [1.29, 1.82) is 0 Å². The molecule has 188 valence electrons. The lowest BCUT2D eigenvalue weighted by molar-refractivity contribution is 0.0631. The van der Waals surface area contributed by atoms with Crippen LogP contribution in [0.15, 0.2) is 12.2 Å². The summed E-state index contributed by atoms with van der Waals surface area (Å²) in [5, 5.41) is 0. The number of hydrogen-bond acceptors (Lipinski definition) is 2. The molecule has 0 radical (unpaired) electrons. The van der Waals surface area contributed by atoms with E-state index in [9.17, 15) is 0 Å². The van der Waals surface area contributed by atoms with Crippen molar-refractivity contribution in [3.63, 3.8) is 0 Å². The van der Waals surface area contributed by atoms with Crippen molar-refractivity contribution in [2.75, 3.05) is 6.54 Å². The summed E-state index contributed by atoms with van der Waals surface area (Å²) in [5.74, 6) is 1.98. The van der Waals surface area contributed by atoms with Crippen molar-refractivity contribution in [2.24, 2.45) is 11.8 Å². The number of fused-ring (bicyclic) bond motifs is 6. The molecule has 4 fully saturated rings. The predicted octanol–water partition coefficient (Wildman–Crippen LogP) is 8.46. The Bertz CT molecular complexity index is 600. The first-order chi connectivity index (χ1) is 16.4. The predicted molar refractivity (Wildman–Crippen MR) is 141 cm³/mol. The molecule has 0 aromatic carbocycles. The second-order valence-electron chi connectivity index (χ2n) is 12.4. The standard InChI is InChI=1S/C31H54N2/c1-2-4-10-17-23-29-31-27(21-15-8-3-1)26-20-14-9-7-11-16-22-28(26)33(31)30-24-18-12-5-6-13-19-25-32(29)30/h1,3,26-31H,2,4-25H2/b3-1-. The molecule has 0 bridgehead atoms. The van der Waals surface area contributed by atoms with Crippen molar-refractivity contribution in [2.45, 2.75) is 166 Å². The van der Waals surface area contributed by atoms with Crippen LogP contribution in [0.2, 0.25) is 0 Å². The van der Waals surface area contributed by atoms with Crippen LogP contribution in [0.4, 0.5) is 0 Å². The van der Waals surface area contributed by atoms with Crippen LogP contribution >= 0.6 is 0 Å². The van der Waals surface area contributed by atoms with E-state index in [1.165, 1.54) is 148 Å². The fraction of sp³-hybridized carbons (Fsp3) is 0.935. The van der Waals surface area contributed by atoms with E-state index in [0.29, 0.717) is 0 Å². The summed E-state index contributed by atoms with van der Waals surface area (Å²) >= 11 is 0. The lowest BCUT2D eigenvalue weighted by Gasteiger charge is -2.38. The van der Waals surface area contributed by atoms with E-state index in [0.717, 1.165) is 36.1 Å². The third-order valence-electron chi connectivity index (χ3n) is 10.4. The highest BCUT2D eigenvalue weighted by Gasteiger charge is 2.58. The minimum absolute atomic E-state index is 0.782. The van der Waals surface area contributed by atoms with Gasteiger partial charge in [-0.15, -0.1) is 0 Å². The minimum atomic E-state index is 0.782. The highest BCUT2D eigenvalue weighted by atomic mass is 15.5. The first-order valence-electron chi connectivity index (χ1n) is 15.6. The van der Waals surface area contributed by atoms with Crippen LogP contribution < -0.4 is 0 Å². The van der Waals surface area contributed by atoms with Gasteiger partial charge in [0.1, 0.15) is 0 Å². The van der Waals surface area contributed by atoms with E-state index in [2.05, 4.69) is 22.0 Å². The second-order valence-corrected chi connectivity index (χ2v) is 12.4. The van der Waals surface area contributed by atoms with Crippen molar-refractivity contribution < 1.29 is 0 Å². The zero-order chi connectivity index (χ0) is 22.3. The van der Waals surface area contributed by atoms with Crippen LogP contribution in [-0.2, 0) is 0 Å². The number of hydrogen-bond donors (Lipinski definition) is 0. The van der Waals surface area contributed by atoms with Gasteiger partial charge in [0, 0.05) is 18.1 Å². The SMILES string of the molecule is C1=C\CCCC2C3CCCCCCCC3N3C2C(CCCCC/1)N1CCCCCCCCC13. The zero-order valence-corrected chi connectivity index (χ0v) is 21.8. The third kappa shape index (κ3) is 5.74. The van der Waals surface area contributed by atoms with Gasteiger partial charge in [0.2, 0.25) is 0 Å². The molecular formula is C31H54N2. The molecular weight excluding hydrogens is 400 g/mol. The third-order valence-corrected chi connectivity index (χ3v) is 10.4. The molecule has 0 amide bonds. The van der Waals surface area contributed by atoms with E-state index < -0.39 is 0 Å². The van der Waals surface area contributed by atoms with Gasteiger partial charge in [-0.1, -0.05) is 89.2 Å². The maximum absolute atomic E-state index is 3.25. The van der Waals surface area contributed by atoms with E-state index in [1.807, 2.05) is 0 Å². The zero-order valence-electron chi connectivity index (χ0n) is 21.8. The van der Waals surface area contributed by atoms with Crippen LogP contribution in [0.3, 0.4) is 0 Å². The van der Waals surface area contributed by atoms with Crippen LogP contribution in [0.5, 0.6) is 0 Å². The number of nitrogens with zero attached hydrogens (tertiary/aromatic N) is 2. The van der Waals surface area contributed by atoms with Gasteiger partial charge < -0.3 is 0 Å². The summed E-state index contributed by atoms with van der Waals surface area (Å²) in [4.78, 5) is 6.38. The van der Waals surface area contributed by atoms with Crippen LogP contribution in [0.25, 0.3) is 0 Å². The van der Waals surface area contributed by atoms with Gasteiger partial charge in [0.15, 0.2) is 0 Å². The molecule has 6 unspecified atom stereocenters. The largest absolute Gasteiger partial charge is 0.283 e. The van der Waals surface area contributed by atoms with Crippen LogP contribution in [-0.4, -0.2) is 40.6 Å². The molecule has 5 rings (SSSR count).